The summed E-state index contributed by atoms with van der Waals surface area (Å²) in [5.74, 6) is -4.12. The van der Waals surface area contributed by atoms with Crippen LogP contribution in [0.2, 0.25) is 0 Å². The molecule has 1 aliphatic carbocycles. The Bertz CT molecular complexity index is 599. The second-order valence-corrected chi connectivity index (χ2v) is 6.86. The molecule has 8 heteroatoms. The summed E-state index contributed by atoms with van der Waals surface area (Å²) in [6.45, 7) is 0.293. The van der Waals surface area contributed by atoms with Gasteiger partial charge in [-0.3, -0.25) is 0 Å². The van der Waals surface area contributed by atoms with Gasteiger partial charge in [-0.2, -0.15) is 0 Å². The van der Waals surface area contributed by atoms with E-state index >= 15 is 0 Å². The van der Waals surface area contributed by atoms with E-state index < -0.39 is 38.4 Å². The molecule has 0 radical (unpaired) electrons. The molecular formula is C13H17F3N2O2S. The lowest BCUT2D eigenvalue weighted by Crippen LogP contribution is -2.45. The lowest BCUT2D eigenvalue weighted by Gasteiger charge is -2.31. The first-order valence-corrected chi connectivity index (χ1v) is 8.20. The number of benzene rings is 1. The molecular weight excluding hydrogens is 305 g/mol. The van der Waals surface area contributed by atoms with Gasteiger partial charge in [0.15, 0.2) is 4.90 Å². The van der Waals surface area contributed by atoms with Gasteiger partial charge < -0.3 is 5.73 Å². The molecule has 3 N–H and O–H groups in total. The third-order valence-corrected chi connectivity index (χ3v) is 5.29. The Labute approximate surface area is 121 Å². The van der Waals surface area contributed by atoms with E-state index in [1.165, 1.54) is 0 Å². The van der Waals surface area contributed by atoms with E-state index in [2.05, 4.69) is 4.72 Å². The van der Waals surface area contributed by atoms with Gasteiger partial charge in [0.2, 0.25) is 10.0 Å². The van der Waals surface area contributed by atoms with Gasteiger partial charge in [0.05, 0.1) is 0 Å². The van der Waals surface area contributed by atoms with Crippen LogP contribution in [0, 0.1) is 23.4 Å². The first kappa shape index (κ1) is 16.3. The first-order valence-electron chi connectivity index (χ1n) is 6.72. The molecule has 0 bridgehead atoms. The smallest absolute Gasteiger partial charge is 0.246 e. The van der Waals surface area contributed by atoms with E-state index in [1.54, 1.807) is 0 Å². The second-order valence-electron chi connectivity index (χ2n) is 5.21. The Hall–Kier alpha value is -1.12. The van der Waals surface area contributed by atoms with Crippen LogP contribution in [0.3, 0.4) is 0 Å². The standard InChI is InChI=1S/C13H17F3N2O2S/c14-9-5-10(15)13(11(16)6-9)21(19,20)18-12-4-2-1-3-8(12)7-17/h5-6,8,12,18H,1-4,7,17H2. The quantitative estimate of drug-likeness (QED) is 0.889. The molecule has 1 aliphatic rings. The zero-order valence-electron chi connectivity index (χ0n) is 11.3. The highest BCUT2D eigenvalue weighted by molar-refractivity contribution is 7.89. The van der Waals surface area contributed by atoms with Crippen molar-refractivity contribution in [1.82, 2.24) is 4.72 Å². The van der Waals surface area contributed by atoms with E-state index in [0.29, 0.717) is 25.1 Å². The van der Waals surface area contributed by atoms with Gasteiger partial charge in [0, 0.05) is 18.2 Å². The minimum Gasteiger partial charge on any atom is -0.330 e. The third-order valence-electron chi connectivity index (χ3n) is 3.75. The van der Waals surface area contributed by atoms with Crippen molar-refractivity contribution in [1.29, 1.82) is 0 Å². The SMILES string of the molecule is NCC1CCCCC1NS(=O)(=O)c1c(F)cc(F)cc1F. The van der Waals surface area contributed by atoms with Crippen molar-refractivity contribution < 1.29 is 21.6 Å². The Balaban J connectivity index is 2.30. The van der Waals surface area contributed by atoms with Gasteiger partial charge in [0.1, 0.15) is 17.5 Å². The van der Waals surface area contributed by atoms with E-state index in [4.69, 9.17) is 5.73 Å². The highest BCUT2D eigenvalue weighted by atomic mass is 32.2. The zero-order valence-corrected chi connectivity index (χ0v) is 12.1. The first-order chi connectivity index (χ1) is 9.85. The maximum atomic E-state index is 13.6. The van der Waals surface area contributed by atoms with Crippen LogP contribution < -0.4 is 10.5 Å². The minimum absolute atomic E-state index is 0.0694. The third kappa shape index (κ3) is 3.56. The fraction of sp³-hybridized carbons (Fsp3) is 0.538. The summed E-state index contributed by atoms with van der Waals surface area (Å²) in [6.07, 6.45) is 3.08. The summed E-state index contributed by atoms with van der Waals surface area (Å²) < 4.78 is 66.7. The Morgan fingerprint density at radius 2 is 1.71 bits per heavy atom. The van der Waals surface area contributed by atoms with E-state index in [0.717, 1.165) is 19.3 Å². The monoisotopic (exact) mass is 322 g/mol. The predicted octanol–water partition coefficient (Wildman–Crippen LogP) is 1.90. The molecule has 0 aliphatic heterocycles. The van der Waals surface area contributed by atoms with Crippen molar-refractivity contribution in [2.24, 2.45) is 11.7 Å². The summed E-state index contributed by atoms with van der Waals surface area (Å²) in [4.78, 5) is -1.15. The van der Waals surface area contributed by atoms with Crippen LogP contribution in [0.15, 0.2) is 17.0 Å². The highest BCUT2D eigenvalue weighted by Crippen LogP contribution is 2.26. The average molecular weight is 322 g/mol. The van der Waals surface area contributed by atoms with Gasteiger partial charge in [-0.1, -0.05) is 12.8 Å². The molecule has 1 aromatic rings. The van der Waals surface area contributed by atoms with Crippen LogP contribution >= 0.6 is 0 Å². The Morgan fingerprint density at radius 1 is 1.14 bits per heavy atom. The molecule has 2 rings (SSSR count). The number of nitrogens with two attached hydrogens (primary N) is 1. The van der Waals surface area contributed by atoms with Crippen molar-refractivity contribution in [3.63, 3.8) is 0 Å². The fourth-order valence-corrected chi connectivity index (χ4v) is 4.15. The van der Waals surface area contributed by atoms with Gasteiger partial charge in [-0.05, 0) is 25.3 Å². The number of hydrogen-bond donors (Lipinski definition) is 2. The number of nitrogens with one attached hydrogen (secondary N) is 1. The van der Waals surface area contributed by atoms with Crippen molar-refractivity contribution >= 4 is 10.0 Å². The summed E-state index contributed by atoms with van der Waals surface area (Å²) in [6, 6.07) is 0.232. The number of sulfonamides is 1. The minimum atomic E-state index is -4.40. The molecule has 118 valence electrons. The topological polar surface area (TPSA) is 72.2 Å². The number of rotatable bonds is 4. The summed E-state index contributed by atoms with van der Waals surface area (Å²) >= 11 is 0. The highest BCUT2D eigenvalue weighted by Gasteiger charge is 2.32. The van der Waals surface area contributed by atoms with Crippen LogP contribution in [-0.4, -0.2) is 21.0 Å². The van der Waals surface area contributed by atoms with Gasteiger partial charge in [-0.25, -0.2) is 26.3 Å². The molecule has 2 atom stereocenters. The Morgan fingerprint density at radius 3 is 2.29 bits per heavy atom. The molecule has 1 aromatic carbocycles. The van der Waals surface area contributed by atoms with Crippen LogP contribution in [0.25, 0.3) is 0 Å². The van der Waals surface area contributed by atoms with Gasteiger partial charge in [0.25, 0.3) is 0 Å². The Kier molecular flexibility index (Phi) is 4.90. The van der Waals surface area contributed by atoms with Crippen LogP contribution in [0.5, 0.6) is 0 Å². The van der Waals surface area contributed by atoms with Crippen molar-refractivity contribution in [3.8, 4) is 0 Å². The summed E-state index contributed by atoms with van der Waals surface area (Å²) in [5.41, 5.74) is 5.60. The van der Waals surface area contributed by atoms with Crippen molar-refractivity contribution in [2.45, 2.75) is 36.6 Å². The second kappa shape index (κ2) is 6.33. The lowest BCUT2D eigenvalue weighted by molar-refractivity contribution is 0.295. The maximum Gasteiger partial charge on any atom is 0.246 e. The van der Waals surface area contributed by atoms with E-state index in [1.807, 2.05) is 0 Å². The molecule has 0 amide bonds. The van der Waals surface area contributed by atoms with Gasteiger partial charge in [-0.15, -0.1) is 0 Å². The van der Waals surface area contributed by atoms with Crippen LogP contribution in [0.4, 0.5) is 13.2 Å². The molecule has 1 saturated carbocycles. The van der Waals surface area contributed by atoms with Crippen molar-refractivity contribution in [2.75, 3.05) is 6.54 Å². The molecule has 2 unspecified atom stereocenters. The lowest BCUT2D eigenvalue weighted by atomic mass is 9.85. The van der Waals surface area contributed by atoms with E-state index in [9.17, 15) is 21.6 Å². The summed E-state index contributed by atoms with van der Waals surface area (Å²) in [7, 11) is -4.40. The zero-order chi connectivity index (χ0) is 15.6. The average Bonchev–Trinajstić information content (AvgIpc) is 2.37. The van der Waals surface area contributed by atoms with E-state index in [-0.39, 0.29) is 5.92 Å². The molecule has 0 heterocycles. The van der Waals surface area contributed by atoms with Crippen LogP contribution in [-0.2, 0) is 10.0 Å². The molecule has 0 aromatic heterocycles. The molecule has 21 heavy (non-hydrogen) atoms. The number of hydrogen-bond acceptors (Lipinski definition) is 3. The largest absolute Gasteiger partial charge is 0.330 e. The molecule has 0 spiro atoms. The fourth-order valence-electron chi connectivity index (χ4n) is 2.69. The molecule has 4 nitrogen and oxygen atoms in total. The molecule has 1 fully saturated rings. The number of halogens is 3. The maximum absolute atomic E-state index is 13.6. The summed E-state index contributed by atoms with van der Waals surface area (Å²) in [5, 5.41) is 0. The predicted molar refractivity (Wildman–Crippen MR) is 71.4 cm³/mol. The normalized spacial score (nSPS) is 23.2. The van der Waals surface area contributed by atoms with Gasteiger partial charge >= 0.3 is 0 Å². The van der Waals surface area contributed by atoms with Crippen molar-refractivity contribution in [3.05, 3.63) is 29.6 Å². The van der Waals surface area contributed by atoms with Crippen LogP contribution in [0.1, 0.15) is 25.7 Å². The molecule has 0 saturated heterocycles.